The summed E-state index contributed by atoms with van der Waals surface area (Å²) in [5.74, 6) is -0.0613. The number of carbonyl (C=O) groups excluding carboxylic acids is 1. The molecule has 2 aromatic heterocycles. The van der Waals surface area contributed by atoms with Crippen molar-refractivity contribution in [1.29, 1.82) is 5.26 Å². The van der Waals surface area contributed by atoms with Crippen molar-refractivity contribution in [3.05, 3.63) is 71.5 Å². The fourth-order valence-corrected chi connectivity index (χ4v) is 6.03. The minimum atomic E-state index is -4.52. The quantitative estimate of drug-likeness (QED) is 0.481. The number of amides is 1. The fourth-order valence-electron chi connectivity index (χ4n) is 6.03. The highest BCUT2D eigenvalue weighted by Gasteiger charge is 2.44. The van der Waals surface area contributed by atoms with E-state index in [1.165, 1.54) is 6.07 Å². The Morgan fingerprint density at radius 3 is 2.50 bits per heavy atom. The molecule has 10 heteroatoms. The fraction of sp³-hybridized carbons (Fsp3) is 0.433. The second kappa shape index (κ2) is 11.0. The van der Waals surface area contributed by atoms with Crippen molar-refractivity contribution in [3.63, 3.8) is 0 Å². The van der Waals surface area contributed by atoms with Gasteiger partial charge in [-0.1, -0.05) is 6.07 Å². The second-order valence-corrected chi connectivity index (χ2v) is 10.8. The van der Waals surface area contributed by atoms with Gasteiger partial charge >= 0.3 is 6.18 Å². The number of anilines is 1. The van der Waals surface area contributed by atoms with Crippen LogP contribution in [0.1, 0.15) is 42.4 Å². The number of carbonyl (C=O) groups is 1. The van der Waals surface area contributed by atoms with Crippen LogP contribution in [0.15, 0.2) is 54.9 Å². The first kappa shape index (κ1) is 27.7. The summed E-state index contributed by atoms with van der Waals surface area (Å²) in [6.45, 7) is 2.40. The van der Waals surface area contributed by atoms with Gasteiger partial charge in [0.25, 0.3) is 0 Å². The summed E-state index contributed by atoms with van der Waals surface area (Å²) in [5.41, 5.74) is 1.33. The summed E-state index contributed by atoms with van der Waals surface area (Å²) in [6.07, 6.45) is 2.23. The normalized spacial score (nSPS) is 19.4. The van der Waals surface area contributed by atoms with Crippen molar-refractivity contribution >= 4 is 11.6 Å². The molecule has 1 N–H and O–H groups in total. The lowest BCUT2D eigenvalue weighted by Gasteiger charge is -2.42. The van der Waals surface area contributed by atoms with Gasteiger partial charge in [0.1, 0.15) is 6.07 Å². The molecule has 0 radical (unpaired) electrons. The van der Waals surface area contributed by atoms with Crippen molar-refractivity contribution in [2.45, 2.75) is 43.3 Å². The lowest BCUT2D eigenvalue weighted by atomic mass is 9.72. The average molecular weight is 551 g/mol. The Labute approximate surface area is 232 Å². The van der Waals surface area contributed by atoms with E-state index >= 15 is 0 Å². The van der Waals surface area contributed by atoms with Crippen LogP contribution in [0.3, 0.4) is 0 Å². The van der Waals surface area contributed by atoms with E-state index in [9.17, 15) is 23.2 Å². The molecular weight excluding hydrogens is 517 g/mol. The van der Waals surface area contributed by atoms with Gasteiger partial charge in [0.2, 0.25) is 5.91 Å². The van der Waals surface area contributed by atoms with Gasteiger partial charge in [-0.25, -0.2) is 0 Å². The molecule has 2 aliphatic rings. The van der Waals surface area contributed by atoms with Gasteiger partial charge in [0.05, 0.1) is 33.6 Å². The minimum absolute atomic E-state index is 0.0235. The van der Waals surface area contributed by atoms with Crippen LogP contribution in [0.5, 0.6) is 0 Å². The van der Waals surface area contributed by atoms with Crippen LogP contribution in [0.2, 0.25) is 0 Å². The molecule has 0 aliphatic carbocycles. The molecule has 3 aromatic rings. The number of piperidine rings is 1. The summed E-state index contributed by atoms with van der Waals surface area (Å²) in [4.78, 5) is 22.8. The highest BCUT2D eigenvalue weighted by molar-refractivity contribution is 5.89. The van der Waals surface area contributed by atoms with E-state index in [2.05, 4.69) is 17.3 Å². The molecular formula is C30H33F3N6O. The molecule has 40 heavy (non-hydrogen) atoms. The third kappa shape index (κ3) is 5.30. The molecule has 2 aliphatic heterocycles. The van der Waals surface area contributed by atoms with Gasteiger partial charge in [-0.15, -0.1) is 0 Å². The molecule has 1 amide bonds. The van der Waals surface area contributed by atoms with E-state index < -0.39 is 17.2 Å². The van der Waals surface area contributed by atoms with E-state index in [0.29, 0.717) is 44.2 Å². The number of benzene rings is 1. The zero-order chi connectivity index (χ0) is 28.5. The number of pyridine rings is 1. The molecule has 0 bridgehead atoms. The smallest absolute Gasteiger partial charge is 0.370 e. The number of nitrogens with one attached hydrogen (secondary N) is 1. The first-order valence-electron chi connectivity index (χ1n) is 13.6. The highest BCUT2D eigenvalue weighted by atomic mass is 19.4. The number of aryl methyl sites for hydroxylation is 1. The van der Waals surface area contributed by atoms with Crippen LogP contribution in [0.25, 0.3) is 11.4 Å². The first-order valence-corrected chi connectivity index (χ1v) is 13.6. The third-order valence-corrected chi connectivity index (χ3v) is 8.53. The van der Waals surface area contributed by atoms with Crippen molar-refractivity contribution in [2.75, 3.05) is 38.1 Å². The van der Waals surface area contributed by atoms with Crippen molar-refractivity contribution < 1.29 is 18.0 Å². The number of hydrogen-bond acceptors (Lipinski definition) is 5. The Hall–Kier alpha value is -3.84. The zero-order valence-corrected chi connectivity index (χ0v) is 22.7. The van der Waals surface area contributed by atoms with Gasteiger partial charge in [0, 0.05) is 45.1 Å². The van der Waals surface area contributed by atoms with Gasteiger partial charge in [-0.3, -0.25) is 9.78 Å². The summed E-state index contributed by atoms with van der Waals surface area (Å²) < 4.78 is 41.7. The maximum atomic E-state index is 13.9. The van der Waals surface area contributed by atoms with Crippen molar-refractivity contribution in [1.82, 2.24) is 19.8 Å². The molecule has 4 heterocycles. The Kier molecular flexibility index (Phi) is 7.60. The van der Waals surface area contributed by atoms with Crippen LogP contribution in [0.4, 0.5) is 18.9 Å². The van der Waals surface area contributed by atoms with E-state index in [4.69, 9.17) is 4.98 Å². The molecule has 210 valence electrons. The minimum Gasteiger partial charge on any atom is -0.370 e. The van der Waals surface area contributed by atoms with E-state index in [1.54, 1.807) is 6.20 Å². The summed E-state index contributed by atoms with van der Waals surface area (Å²) >= 11 is 0. The molecule has 1 aromatic carbocycles. The molecule has 2 fully saturated rings. The van der Waals surface area contributed by atoms with Crippen LogP contribution in [0, 0.1) is 11.3 Å². The number of rotatable bonds is 6. The van der Waals surface area contributed by atoms with Gasteiger partial charge < -0.3 is 19.7 Å². The Morgan fingerprint density at radius 2 is 1.93 bits per heavy atom. The predicted octanol–water partition coefficient (Wildman–Crippen LogP) is 4.73. The Balaban J connectivity index is 1.41. The van der Waals surface area contributed by atoms with E-state index in [-0.39, 0.29) is 11.5 Å². The van der Waals surface area contributed by atoms with Crippen molar-refractivity contribution in [2.24, 2.45) is 7.05 Å². The summed E-state index contributed by atoms with van der Waals surface area (Å²) in [5, 5.41) is 12.8. The van der Waals surface area contributed by atoms with E-state index in [0.717, 1.165) is 48.5 Å². The van der Waals surface area contributed by atoms with Crippen LogP contribution >= 0.6 is 0 Å². The zero-order valence-electron chi connectivity index (χ0n) is 22.7. The average Bonchev–Trinajstić information content (AvgIpc) is 3.58. The Bertz CT molecular complexity index is 1400. The lowest BCUT2D eigenvalue weighted by Crippen LogP contribution is -2.53. The largest absolute Gasteiger partial charge is 0.416 e. The number of hydrogen-bond donors (Lipinski definition) is 1. The Morgan fingerprint density at radius 1 is 1.15 bits per heavy atom. The van der Waals surface area contributed by atoms with E-state index in [1.807, 2.05) is 53.0 Å². The number of alkyl halides is 3. The molecule has 1 atom stereocenters. The van der Waals surface area contributed by atoms with Crippen molar-refractivity contribution in [3.8, 4) is 17.5 Å². The number of nitriles is 1. The maximum Gasteiger partial charge on any atom is 0.416 e. The second-order valence-electron chi connectivity index (χ2n) is 10.8. The molecule has 0 saturated carbocycles. The van der Waals surface area contributed by atoms with Crippen LogP contribution < -0.4 is 10.2 Å². The molecule has 5 rings (SSSR count). The number of likely N-dealkylation sites (tertiary alicyclic amines) is 1. The number of nitrogens with zero attached hydrogens (tertiary/aromatic N) is 5. The monoisotopic (exact) mass is 550 g/mol. The van der Waals surface area contributed by atoms with Gasteiger partial charge in [0.15, 0.2) is 0 Å². The molecule has 7 nitrogen and oxygen atoms in total. The number of likely N-dealkylation sites (N-methyl/N-ethyl adjacent to an activating group) is 1. The number of halogens is 3. The standard InChI is InChI=1S/C30H33F3N6O/c1-37-13-3-5-24(37)20-36-28(40)29(23-7-9-25(35-19-23)27-6-4-14-38(27)2)11-15-39(16-12-29)26-10-8-22(30(31,32)33)17-21(26)18-34/h4,6-10,14,17,19,24H,3,5,11-13,15-16,20H2,1-2H3,(H,36,40)/t24-/m1/s1. The van der Waals surface area contributed by atoms with Crippen LogP contribution in [-0.4, -0.2) is 59.6 Å². The van der Waals surface area contributed by atoms with Crippen LogP contribution in [-0.2, 0) is 23.4 Å². The maximum absolute atomic E-state index is 13.9. The van der Waals surface area contributed by atoms with Gasteiger partial charge in [-0.05, 0) is 81.2 Å². The molecule has 0 spiro atoms. The number of aromatic nitrogens is 2. The molecule has 0 unspecified atom stereocenters. The summed E-state index contributed by atoms with van der Waals surface area (Å²) in [7, 11) is 4.02. The SMILES string of the molecule is CN1CCC[C@@H]1CNC(=O)C1(c2ccc(-c3cccn3C)nc2)CCN(c2ccc(C(F)(F)F)cc2C#N)CC1. The predicted molar refractivity (Wildman–Crippen MR) is 147 cm³/mol. The third-order valence-electron chi connectivity index (χ3n) is 8.53. The first-order chi connectivity index (χ1) is 19.1. The molecule has 2 saturated heterocycles. The topological polar surface area (TPSA) is 77.2 Å². The highest BCUT2D eigenvalue weighted by Crippen LogP contribution is 2.39. The van der Waals surface area contributed by atoms with Gasteiger partial charge in [-0.2, -0.15) is 18.4 Å². The lowest BCUT2D eigenvalue weighted by molar-refractivity contribution is -0.137. The summed E-state index contributed by atoms with van der Waals surface area (Å²) in [6, 6.07) is 13.3.